The maximum atomic E-state index is 13.1. The number of hydrogen-bond donors (Lipinski definition) is 0. The average Bonchev–Trinajstić information content (AvgIpc) is 2.88. The molecule has 136 valence electrons. The van der Waals surface area contributed by atoms with Crippen LogP contribution in [0, 0.1) is 13.8 Å². The van der Waals surface area contributed by atoms with E-state index in [0.717, 1.165) is 17.0 Å². The number of nitrogens with zero attached hydrogens (tertiary/aromatic N) is 2. The summed E-state index contributed by atoms with van der Waals surface area (Å²) in [5.74, 6) is 1.31. The molecule has 0 aliphatic carbocycles. The Kier molecular flexibility index (Phi) is 4.51. The first-order valence-corrected chi connectivity index (χ1v) is 9.74. The second-order valence-electron chi connectivity index (χ2n) is 7.13. The number of aromatic nitrogens is 1. The molecule has 1 aromatic carbocycles. The molecule has 0 spiro atoms. The molecule has 0 amide bonds. The van der Waals surface area contributed by atoms with Crippen LogP contribution >= 0.6 is 0 Å². The fourth-order valence-corrected chi connectivity index (χ4v) is 4.93. The van der Waals surface area contributed by atoms with Crippen LogP contribution in [0.25, 0.3) is 11.3 Å². The number of sulfonamides is 1. The molecule has 1 fully saturated rings. The Morgan fingerprint density at radius 2 is 1.84 bits per heavy atom. The van der Waals surface area contributed by atoms with Crippen LogP contribution in [0.3, 0.4) is 0 Å². The zero-order valence-electron chi connectivity index (χ0n) is 15.2. The third kappa shape index (κ3) is 3.36. The molecule has 0 bridgehead atoms. The van der Waals surface area contributed by atoms with Gasteiger partial charge in [-0.2, -0.15) is 4.31 Å². The zero-order chi connectivity index (χ0) is 18.4. The minimum absolute atomic E-state index is 0.122. The molecule has 2 heterocycles. The van der Waals surface area contributed by atoms with Crippen LogP contribution in [0.4, 0.5) is 0 Å². The lowest BCUT2D eigenvalue weighted by atomic mass is 10.1. The van der Waals surface area contributed by atoms with Gasteiger partial charge in [-0.25, -0.2) is 13.4 Å². The van der Waals surface area contributed by atoms with E-state index in [9.17, 15) is 8.42 Å². The van der Waals surface area contributed by atoms with Gasteiger partial charge in [-0.3, -0.25) is 0 Å². The van der Waals surface area contributed by atoms with Crippen molar-refractivity contribution in [1.82, 2.24) is 9.29 Å². The molecule has 1 aromatic heterocycles. The lowest BCUT2D eigenvalue weighted by molar-refractivity contribution is -0.0551. The van der Waals surface area contributed by atoms with E-state index in [0.29, 0.717) is 19.0 Å². The van der Waals surface area contributed by atoms with E-state index in [1.54, 1.807) is 31.2 Å². The molecule has 2 aromatic rings. The molecule has 0 saturated carbocycles. The van der Waals surface area contributed by atoms with Gasteiger partial charge in [0.25, 0.3) is 0 Å². The number of ether oxygens (including phenoxy) is 1. The van der Waals surface area contributed by atoms with E-state index < -0.39 is 15.6 Å². The summed E-state index contributed by atoms with van der Waals surface area (Å²) in [6.07, 6.45) is -0.122. The quantitative estimate of drug-likeness (QED) is 0.836. The van der Waals surface area contributed by atoms with Crippen LogP contribution in [0.1, 0.15) is 32.4 Å². The summed E-state index contributed by atoms with van der Waals surface area (Å²) >= 11 is 0. The van der Waals surface area contributed by atoms with E-state index in [4.69, 9.17) is 9.15 Å². The number of benzene rings is 1. The van der Waals surface area contributed by atoms with Crippen molar-refractivity contribution in [3.8, 4) is 11.3 Å². The number of hydrogen-bond acceptors (Lipinski definition) is 5. The molecule has 25 heavy (non-hydrogen) atoms. The fraction of sp³-hybridized carbons (Fsp3) is 0.500. The van der Waals surface area contributed by atoms with E-state index >= 15 is 0 Å². The monoisotopic (exact) mass is 364 g/mol. The van der Waals surface area contributed by atoms with Gasteiger partial charge < -0.3 is 9.15 Å². The first-order chi connectivity index (χ1) is 11.6. The van der Waals surface area contributed by atoms with Crippen LogP contribution in [0.2, 0.25) is 0 Å². The van der Waals surface area contributed by atoms with Gasteiger partial charge >= 0.3 is 0 Å². The smallest absolute Gasteiger partial charge is 0.243 e. The topological polar surface area (TPSA) is 72.6 Å². The summed E-state index contributed by atoms with van der Waals surface area (Å²) in [5, 5.41) is 0. The van der Waals surface area contributed by atoms with Crippen molar-refractivity contribution in [2.45, 2.75) is 51.2 Å². The molecule has 3 rings (SSSR count). The molecule has 7 heteroatoms. The van der Waals surface area contributed by atoms with Gasteiger partial charge in [-0.15, -0.1) is 0 Å². The van der Waals surface area contributed by atoms with Gasteiger partial charge in [-0.05, 0) is 39.8 Å². The molecule has 0 N–H and O–H groups in total. The van der Waals surface area contributed by atoms with Gasteiger partial charge in [0.1, 0.15) is 11.5 Å². The fourth-order valence-electron chi connectivity index (χ4n) is 3.08. The number of aryl methyl sites for hydroxylation is 2. The number of oxazole rings is 1. The molecular formula is C18H24N2O4S. The maximum absolute atomic E-state index is 13.1. The highest BCUT2D eigenvalue weighted by atomic mass is 32.2. The number of rotatable bonds is 3. The van der Waals surface area contributed by atoms with Crippen LogP contribution in [-0.4, -0.2) is 42.5 Å². The van der Waals surface area contributed by atoms with Gasteiger partial charge in [0.05, 0.1) is 23.1 Å². The Bertz CT molecular complexity index is 869. The Morgan fingerprint density at radius 3 is 2.40 bits per heavy atom. The highest BCUT2D eigenvalue weighted by molar-refractivity contribution is 7.89. The predicted molar refractivity (Wildman–Crippen MR) is 94.8 cm³/mol. The Morgan fingerprint density at radius 1 is 1.20 bits per heavy atom. The minimum Gasteiger partial charge on any atom is -0.446 e. The summed E-state index contributed by atoms with van der Waals surface area (Å²) in [6.45, 7) is 10.0. The first-order valence-electron chi connectivity index (χ1n) is 8.30. The summed E-state index contributed by atoms with van der Waals surface area (Å²) in [5.41, 5.74) is 0.994. The molecule has 1 atom stereocenters. The van der Waals surface area contributed by atoms with Gasteiger partial charge in [0.15, 0.2) is 5.89 Å². The van der Waals surface area contributed by atoms with Gasteiger partial charge in [-0.1, -0.05) is 12.1 Å². The molecular weight excluding hydrogens is 340 g/mol. The van der Waals surface area contributed by atoms with E-state index in [1.807, 2.05) is 27.7 Å². The number of morpholine rings is 1. The first kappa shape index (κ1) is 18.1. The highest BCUT2D eigenvalue weighted by Crippen LogP contribution is 2.31. The van der Waals surface area contributed by atoms with Gasteiger partial charge in [0, 0.05) is 19.0 Å². The van der Waals surface area contributed by atoms with Crippen molar-refractivity contribution in [1.29, 1.82) is 0 Å². The molecule has 1 saturated heterocycles. The Labute approximate surface area is 148 Å². The Balaban J connectivity index is 1.94. The van der Waals surface area contributed by atoms with Crippen LogP contribution in [0.5, 0.6) is 0 Å². The molecule has 6 nitrogen and oxygen atoms in total. The zero-order valence-corrected chi connectivity index (χ0v) is 16.1. The third-order valence-corrected chi connectivity index (χ3v) is 6.53. The molecule has 0 radical (unpaired) electrons. The van der Waals surface area contributed by atoms with Crippen molar-refractivity contribution in [3.05, 3.63) is 35.9 Å². The second-order valence-corrected chi connectivity index (χ2v) is 8.99. The second kappa shape index (κ2) is 6.23. The van der Waals surface area contributed by atoms with Crippen molar-refractivity contribution in [3.63, 3.8) is 0 Å². The summed E-state index contributed by atoms with van der Waals surface area (Å²) in [4.78, 5) is 4.63. The van der Waals surface area contributed by atoms with E-state index in [2.05, 4.69) is 4.98 Å². The Hall–Kier alpha value is -1.70. The van der Waals surface area contributed by atoms with Crippen LogP contribution < -0.4 is 0 Å². The lowest BCUT2D eigenvalue weighted by Crippen LogP contribution is -2.57. The standard InChI is InChI=1S/C18H24N2O4S/c1-12-10-20(18(4,5)11-23-12)25(21,22)16-8-6-15(7-9-16)17-13(2)24-14(3)19-17/h6-9,12H,10-11H2,1-5H3. The van der Waals surface area contributed by atoms with Crippen LogP contribution in [-0.2, 0) is 14.8 Å². The van der Waals surface area contributed by atoms with Gasteiger partial charge in [0.2, 0.25) is 10.0 Å². The normalized spacial score (nSPS) is 21.4. The minimum atomic E-state index is -3.60. The van der Waals surface area contributed by atoms with Crippen molar-refractivity contribution in [2.75, 3.05) is 13.2 Å². The molecule has 1 aliphatic rings. The molecule has 1 aliphatic heterocycles. The van der Waals surface area contributed by atoms with E-state index in [1.165, 1.54) is 4.31 Å². The largest absolute Gasteiger partial charge is 0.446 e. The average molecular weight is 364 g/mol. The lowest BCUT2D eigenvalue weighted by Gasteiger charge is -2.43. The van der Waals surface area contributed by atoms with Crippen molar-refractivity contribution >= 4 is 10.0 Å². The molecule has 1 unspecified atom stereocenters. The maximum Gasteiger partial charge on any atom is 0.243 e. The predicted octanol–water partition coefficient (Wildman–Crippen LogP) is 3.15. The van der Waals surface area contributed by atoms with E-state index in [-0.39, 0.29) is 11.0 Å². The SMILES string of the molecule is Cc1nc(-c2ccc(S(=O)(=O)N3CC(C)OCC3(C)C)cc2)c(C)o1. The summed E-state index contributed by atoms with van der Waals surface area (Å²) in [6, 6.07) is 6.80. The van der Waals surface area contributed by atoms with Crippen molar-refractivity contribution in [2.24, 2.45) is 0 Å². The summed E-state index contributed by atoms with van der Waals surface area (Å²) < 4.78 is 38.8. The third-order valence-electron chi connectivity index (χ3n) is 4.44. The van der Waals surface area contributed by atoms with Crippen LogP contribution in [0.15, 0.2) is 33.6 Å². The highest BCUT2D eigenvalue weighted by Gasteiger charge is 2.41. The van der Waals surface area contributed by atoms with Crippen molar-refractivity contribution < 1.29 is 17.6 Å². The summed E-state index contributed by atoms with van der Waals surface area (Å²) in [7, 11) is -3.60.